The molecule has 0 aliphatic heterocycles. The molecule has 5 nitrogen and oxygen atoms in total. The molecule has 0 aromatic heterocycles. The van der Waals surface area contributed by atoms with Crippen molar-refractivity contribution >= 4 is 10.2 Å². The molecule has 1 fully saturated rings. The molecule has 15 heavy (non-hydrogen) atoms. The molecule has 6 heteroatoms. The lowest BCUT2D eigenvalue weighted by Crippen LogP contribution is -2.40. The zero-order valence-electron chi connectivity index (χ0n) is 9.31. The summed E-state index contributed by atoms with van der Waals surface area (Å²) in [6, 6.07) is 0.122. The molecule has 1 aliphatic rings. The summed E-state index contributed by atoms with van der Waals surface area (Å²) >= 11 is 0. The second-order valence-electron chi connectivity index (χ2n) is 4.03. The van der Waals surface area contributed by atoms with Gasteiger partial charge in [-0.2, -0.15) is 17.4 Å². The number of nitrogens with zero attached hydrogens (tertiary/aromatic N) is 1. The number of nitrogens with one attached hydrogen (secondary N) is 1. The van der Waals surface area contributed by atoms with Gasteiger partial charge in [-0.15, -0.1) is 0 Å². The van der Waals surface area contributed by atoms with Crippen LogP contribution < -0.4 is 4.72 Å². The van der Waals surface area contributed by atoms with Gasteiger partial charge >= 0.3 is 0 Å². The molecule has 0 aromatic rings. The number of aliphatic hydroxyl groups excluding tert-OH is 1. The summed E-state index contributed by atoms with van der Waals surface area (Å²) in [5, 5.41) is 8.61. The van der Waals surface area contributed by atoms with E-state index in [4.69, 9.17) is 5.11 Å². The Bertz CT molecular complexity index is 292. The van der Waals surface area contributed by atoms with E-state index in [0.717, 1.165) is 12.8 Å². The van der Waals surface area contributed by atoms with Gasteiger partial charge in [-0.05, 0) is 18.8 Å². The minimum absolute atomic E-state index is 0.0148. The van der Waals surface area contributed by atoms with Gasteiger partial charge in [0.2, 0.25) is 0 Å². The van der Waals surface area contributed by atoms with Crippen molar-refractivity contribution in [2.75, 3.05) is 20.2 Å². The maximum atomic E-state index is 11.7. The van der Waals surface area contributed by atoms with Gasteiger partial charge in [0.15, 0.2) is 0 Å². The van der Waals surface area contributed by atoms with Gasteiger partial charge in [0, 0.05) is 26.2 Å². The van der Waals surface area contributed by atoms with Crippen molar-refractivity contribution in [2.24, 2.45) is 5.92 Å². The zero-order chi connectivity index (χ0) is 11.5. The predicted molar refractivity (Wildman–Crippen MR) is 58.6 cm³/mol. The van der Waals surface area contributed by atoms with Crippen LogP contribution >= 0.6 is 0 Å². The lowest BCUT2D eigenvalue weighted by molar-refractivity contribution is 0.275. The zero-order valence-corrected chi connectivity index (χ0v) is 10.1. The van der Waals surface area contributed by atoms with E-state index in [1.54, 1.807) is 0 Å². The molecule has 0 aromatic carbocycles. The summed E-state index contributed by atoms with van der Waals surface area (Å²) < 4.78 is 27.3. The summed E-state index contributed by atoms with van der Waals surface area (Å²) in [6.45, 7) is 2.44. The van der Waals surface area contributed by atoms with Gasteiger partial charge in [-0.25, -0.2) is 0 Å². The summed E-state index contributed by atoms with van der Waals surface area (Å²) in [7, 11) is -1.81. The maximum Gasteiger partial charge on any atom is 0.279 e. The molecule has 0 bridgehead atoms. The van der Waals surface area contributed by atoms with Gasteiger partial charge in [0.1, 0.15) is 0 Å². The molecule has 0 heterocycles. The highest BCUT2D eigenvalue weighted by Crippen LogP contribution is 2.33. The minimum atomic E-state index is -3.34. The third-order valence-corrected chi connectivity index (χ3v) is 4.39. The molecule has 1 saturated carbocycles. The van der Waals surface area contributed by atoms with Crippen LogP contribution in [0.5, 0.6) is 0 Å². The minimum Gasteiger partial charge on any atom is -0.396 e. The standard InChI is InChI=1S/C9H20N2O3S/c1-3-8-7-9(8)10-15(13,14)11(2)5-4-6-12/h8-10,12H,3-7H2,1-2H3. The Morgan fingerprint density at radius 2 is 2.20 bits per heavy atom. The molecule has 2 atom stereocenters. The first kappa shape index (κ1) is 12.9. The highest BCUT2D eigenvalue weighted by Gasteiger charge is 2.39. The van der Waals surface area contributed by atoms with E-state index in [1.807, 2.05) is 0 Å². The first-order valence-electron chi connectivity index (χ1n) is 5.35. The van der Waals surface area contributed by atoms with Gasteiger partial charge in [-0.1, -0.05) is 13.3 Å². The molecule has 1 aliphatic carbocycles. The van der Waals surface area contributed by atoms with Crippen molar-refractivity contribution in [3.8, 4) is 0 Å². The van der Waals surface area contributed by atoms with E-state index < -0.39 is 10.2 Å². The first-order chi connectivity index (χ1) is 7.01. The van der Waals surface area contributed by atoms with Crippen LogP contribution in [-0.2, 0) is 10.2 Å². The van der Waals surface area contributed by atoms with Crippen molar-refractivity contribution < 1.29 is 13.5 Å². The second-order valence-corrected chi connectivity index (χ2v) is 5.84. The lowest BCUT2D eigenvalue weighted by Gasteiger charge is -2.17. The van der Waals surface area contributed by atoms with Crippen LogP contribution in [0.3, 0.4) is 0 Å². The monoisotopic (exact) mass is 236 g/mol. The third-order valence-electron chi connectivity index (χ3n) is 2.79. The first-order valence-corrected chi connectivity index (χ1v) is 6.79. The van der Waals surface area contributed by atoms with Crippen LogP contribution in [-0.4, -0.2) is 44.1 Å². The molecular weight excluding hydrogens is 216 g/mol. The van der Waals surface area contributed by atoms with E-state index in [2.05, 4.69) is 11.6 Å². The molecule has 1 rings (SSSR count). The fourth-order valence-corrected chi connectivity index (χ4v) is 2.76. The van der Waals surface area contributed by atoms with E-state index in [1.165, 1.54) is 11.4 Å². The van der Waals surface area contributed by atoms with E-state index in [9.17, 15) is 8.42 Å². The van der Waals surface area contributed by atoms with E-state index in [0.29, 0.717) is 18.9 Å². The lowest BCUT2D eigenvalue weighted by atomic mass is 10.3. The van der Waals surface area contributed by atoms with Crippen molar-refractivity contribution in [1.82, 2.24) is 9.03 Å². The van der Waals surface area contributed by atoms with Crippen molar-refractivity contribution in [3.63, 3.8) is 0 Å². The summed E-state index contributed by atoms with van der Waals surface area (Å²) in [5.41, 5.74) is 0. The van der Waals surface area contributed by atoms with Gasteiger partial charge in [-0.3, -0.25) is 0 Å². The van der Waals surface area contributed by atoms with Crippen molar-refractivity contribution in [1.29, 1.82) is 0 Å². The normalized spacial score (nSPS) is 25.9. The second kappa shape index (κ2) is 5.25. The number of hydrogen-bond acceptors (Lipinski definition) is 3. The largest absolute Gasteiger partial charge is 0.396 e. The van der Waals surface area contributed by atoms with E-state index in [-0.39, 0.29) is 12.6 Å². The van der Waals surface area contributed by atoms with Gasteiger partial charge in [0.05, 0.1) is 0 Å². The summed E-state index contributed by atoms with van der Waals surface area (Å²) in [5.74, 6) is 0.506. The van der Waals surface area contributed by atoms with Crippen molar-refractivity contribution in [3.05, 3.63) is 0 Å². The Labute approximate surface area is 91.7 Å². The maximum absolute atomic E-state index is 11.7. The third kappa shape index (κ3) is 3.71. The molecule has 90 valence electrons. The molecule has 0 spiro atoms. The fraction of sp³-hybridized carbons (Fsp3) is 1.00. The molecule has 0 saturated heterocycles. The Morgan fingerprint density at radius 3 is 2.67 bits per heavy atom. The molecule has 2 unspecified atom stereocenters. The van der Waals surface area contributed by atoms with Crippen LogP contribution in [0.2, 0.25) is 0 Å². The van der Waals surface area contributed by atoms with Gasteiger partial charge < -0.3 is 5.11 Å². The Kier molecular flexibility index (Phi) is 4.51. The average molecular weight is 236 g/mol. The predicted octanol–water partition coefficient (Wildman–Crippen LogP) is -0.0665. The smallest absolute Gasteiger partial charge is 0.279 e. The van der Waals surface area contributed by atoms with Crippen LogP contribution in [0.25, 0.3) is 0 Å². The molecule has 2 N–H and O–H groups in total. The average Bonchev–Trinajstić information content (AvgIpc) is 2.91. The summed E-state index contributed by atoms with van der Waals surface area (Å²) in [6.07, 6.45) is 2.44. The number of hydrogen-bond donors (Lipinski definition) is 2. The van der Waals surface area contributed by atoms with E-state index >= 15 is 0 Å². The molecule has 0 amide bonds. The Morgan fingerprint density at radius 1 is 1.53 bits per heavy atom. The van der Waals surface area contributed by atoms with Crippen LogP contribution in [0.15, 0.2) is 0 Å². The van der Waals surface area contributed by atoms with Crippen LogP contribution in [0.4, 0.5) is 0 Å². The number of aliphatic hydroxyl groups is 1. The van der Waals surface area contributed by atoms with Crippen LogP contribution in [0.1, 0.15) is 26.2 Å². The highest BCUT2D eigenvalue weighted by molar-refractivity contribution is 7.87. The SMILES string of the molecule is CCC1CC1NS(=O)(=O)N(C)CCCO. The molecule has 0 radical (unpaired) electrons. The Balaban J connectivity index is 2.38. The van der Waals surface area contributed by atoms with Crippen molar-refractivity contribution in [2.45, 2.75) is 32.2 Å². The summed E-state index contributed by atoms with van der Waals surface area (Å²) in [4.78, 5) is 0. The van der Waals surface area contributed by atoms with Gasteiger partial charge in [0.25, 0.3) is 10.2 Å². The quantitative estimate of drug-likeness (QED) is 0.650. The molecular formula is C9H20N2O3S. The fourth-order valence-electron chi connectivity index (χ4n) is 1.54. The van der Waals surface area contributed by atoms with Crippen LogP contribution in [0, 0.1) is 5.92 Å². The topological polar surface area (TPSA) is 69.6 Å². The Hall–Kier alpha value is -0.170. The number of rotatable bonds is 7. The highest BCUT2D eigenvalue weighted by atomic mass is 32.2.